The molecule has 0 aliphatic carbocycles. The van der Waals surface area contributed by atoms with Crippen molar-refractivity contribution in [2.75, 3.05) is 33.3 Å². The van der Waals surface area contributed by atoms with E-state index in [1.807, 2.05) is 23.1 Å². The number of likely N-dealkylation sites (tertiary alicyclic amines) is 1. The molecule has 116 valence electrons. The molecule has 0 spiro atoms. The number of nitrogens with zero attached hydrogens (tertiary/aromatic N) is 2. The van der Waals surface area contributed by atoms with Crippen LogP contribution in [-0.4, -0.2) is 60.1 Å². The van der Waals surface area contributed by atoms with Crippen molar-refractivity contribution in [3.8, 4) is 0 Å². The van der Waals surface area contributed by atoms with Crippen LogP contribution in [0.1, 0.15) is 23.2 Å². The first-order chi connectivity index (χ1) is 10.0. The lowest BCUT2D eigenvalue weighted by atomic mass is 10.0. The minimum Gasteiger partial charge on any atom is -0.395 e. The van der Waals surface area contributed by atoms with Crippen LogP contribution < -0.4 is 0 Å². The van der Waals surface area contributed by atoms with E-state index < -0.39 is 0 Å². The number of hydrogen-bond acceptors (Lipinski definition) is 3. The van der Waals surface area contributed by atoms with Crippen LogP contribution in [-0.2, 0) is 0 Å². The summed E-state index contributed by atoms with van der Waals surface area (Å²) in [5, 5.41) is 9.32. The highest BCUT2D eigenvalue weighted by molar-refractivity contribution is 14.1. The van der Waals surface area contributed by atoms with Crippen molar-refractivity contribution in [3.05, 3.63) is 31.8 Å². The second kappa shape index (κ2) is 7.89. The van der Waals surface area contributed by atoms with E-state index >= 15 is 0 Å². The van der Waals surface area contributed by atoms with Crippen LogP contribution >= 0.6 is 38.5 Å². The number of aliphatic hydroxyl groups is 1. The summed E-state index contributed by atoms with van der Waals surface area (Å²) in [5.74, 6) is 0.00370. The van der Waals surface area contributed by atoms with Gasteiger partial charge in [0.2, 0.25) is 0 Å². The Kier molecular flexibility index (Phi) is 6.46. The van der Waals surface area contributed by atoms with E-state index in [1.54, 1.807) is 0 Å². The van der Waals surface area contributed by atoms with Gasteiger partial charge in [0.15, 0.2) is 0 Å². The predicted molar refractivity (Wildman–Crippen MR) is 95.5 cm³/mol. The molecule has 6 heteroatoms. The van der Waals surface area contributed by atoms with E-state index in [1.165, 1.54) is 0 Å². The first kappa shape index (κ1) is 17.2. The molecule has 1 saturated heterocycles. The average Bonchev–Trinajstić information content (AvgIpc) is 2.48. The molecule has 1 aromatic carbocycles. The Bertz CT molecular complexity index is 504. The smallest absolute Gasteiger partial charge is 0.255 e. The van der Waals surface area contributed by atoms with E-state index in [9.17, 15) is 9.90 Å². The molecule has 1 aromatic rings. The monoisotopic (exact) mass is 466 g/mol. The summed E-state index contributed by atoms with van der Waals surface area (Å²) in [4.78, 5) is 17.0. The van der Waals surface area contributed by atoms with E-state index in [2.05, 4.69) is 50.5 Å². The zero-order valence-corrected chi connectivity index (χ0v) is 15.8. The van der Waals surface area contributed by atoms with E-state index in [0.717, 1.165) is 34.0 Å². The summed E-state index contributed by atoms with van der Waals surface area (Å²) in [6.07, 6.45) is 1.92. The lowest BCUT2D eigenvalue weighted by molar-refractivity contribution is 0.0539. The lowest BCUT2D eigenvalue weighted by Crippen LogP contribution is -2.47. The normalized spacial score (nSPS) is 17.0. The molecule has 0 bridgehead atoms. The summed E-state index contributed by atoms with van der Waals surface area (Å²) in [6.45, 7) is 2.38. The lowest BCUT2D eigenvalue weighted by Gasteiger charge is -2.37. The molecule has 1 amide bonds. The zero-order valence-electron chi connectivity index (χ0n) is 12.1. The van der Waals surface area contributed by atoms with Gasteiger partial charge < -0.3 is 14.9 Å². The van der Waals surface area contributed by atoms with Gasteiger partial charge in [0.05, 0.1) is 12.2 Å². The molecular weight excluding hydrogens is 447 g/mol. The van der Waals surface area contributed by atoms with Crippen LogP contribution in [0.3, 0.4) is 0 Å². The first-order valence-corrected chi connectivity index (χ1v) is 8.95. The van der Waals surface area contributed by atoms with Gasteiger partial charge in [-0.1, -0.05) is 0 Å². The molecule has 4 nitrogen and oxygen atoms in total. The minimum atomic E-state index is -0.000373. The summed E-state index contributed by atoms with van der Waals surface area (Å²) in [6, 6.07) is 5.98. The summed E-state index contributed by atoms with van der Waals surface area (Å²) in [7, 11) is 2.10. The predicted octanol–water partition coefficient (Wildman–Crippen LogP) is 2.58. The zero-order chi connectivity index (χ0) is 15.4. The third-order valence-corrected chi connectivity index (χ3v) is 5.25. The van der Waals surface area contributed by atoms with E-state index in [-0.39, 0.29) is 18.6 Å². The van der Waals surface area contributed by atoms with Gasteiger partial charge in [0, 0.05) is 20.6 Å². The number of benzene rings is 1. The van der Waals surface area contributed by atoms with Crippen molar-refractivity contribution in [1.29, 1.82) is 0 Å². The molecule has 0 atom stereocenters. The minimum absolute atomic E-state index is 0.000373. The maximum atomic E-state index is 12.9. The maximum absolute atomic E-state index is 12.9. The molecule has 0 unspecified atom stereocenters. The van der Waals surface area contributed by atoms with E-state index in [0.29, 0.717) is 12.1 Å². The molecule has 0 radical (unpaired) electrons. The topological polar surface area (TPSA) is 43.8 Å². The Hall–Kier alpha value is -0.180. The van der Waals surface area contributed by atoms with Gasteiger partial charge >= 0.3 is 0 Å². The molecule has 2 rings (SSSR count). The molecule has 0 aromatic heterocycles. The molecule has 21 heavy (non-hydrogen) atoms. The SMILES string of the molecule is CN1CCC(N(CCO)C(=O)c2cc(I)ccc2Br)CC1. The Morgan fingerprint density at radius 3 is 2.76 bits per heavy atom. The van der Waals surface area contributed by atoms with E-state index in [4.69, 9.17) is 0 Å². The second-order valence-corrected chi connectivity index (χ2v) is 7.48. The van der Waals surface area contributed by atoms with Gasteiger partial charge in [0.25, 0.3) is 5.91 Å². The second-order valence-electron chi connectivity index (χ2n) is 5.38. The van der Waals surface area contributed by atoms with Gasteiger partial charge in [0.1, 0.15) is 0 Å². The molecular formula is C15H20BrIN2O2. The quantitative estimate of drug-likeness (QED) is 0.693. The van der Waals surface area contributed by atoms with Crippen LogP contribution in [0.25, 0.3) is 0 Å². The number of aliphatic hydroxyl groups excluding tert-OH is 1. The third-order valence-electron chi connectivity index (χ3n) is 3.89. The van der Waals surface area contributed by atoms with Crippen molar-refractivity contribution in [2.45, 2.75) is 18.9 Å². The Balaban J connectivity index is 2.20. The summed E-state index contributed by atoms with van der Waals surface area (Å²) >= 11 is 5.67. The number of carbonyl (C=O) groups excluding carboxylic acids is 1. The fourth-order valence-electron chi connectivity index (χ4n) is 2.68. The largest absolute Gasteiger partial charge is 0.395 e. The Morgan fingerprint density at radius 2 is 2.14 bits per heavy atom. The van der Waals surface area contributed by atoms with Crippen molar-refractivity contribution < 1.29 is 9.90 Å². The highest BCUT2D eigenvalue weighted by Gasteiger charge is 2.28. The Morgan fingerprint density at radius 1 is 1.48 bits per heavy atom. The molecule has 1 N–H and O–H groups in total. The van der Waals surface area contributed by atoms with Gasteiger partial charge in [-0.05, 0) is 89.7 Å². The van der Waals surface area contributed by atoms with Crippen molar-refractivity contribution in [3.63, 3.8) is 0 Å². The molecule has 1 fully saturated rings. The summed E-state index contributed by atoms with van der Waals surface area (Å²) < 4.78 is 1.84. The van der Waals surface area contributed by atoms with Crippen molar-refractivity contribution in [1.82, 2.24) is 9.80 Å². The maximum Gasteiger partial charge on any atom is 0.255 e. The number of hydrogen-bond donors (Lipinski definition) is 1. The molecule has 1 aliphatic rings. The summed E-state index contributed by atoms with van der Waals surface area (Å²) in [5.41, 5.74) is 0.675. The van der Waals surface area contributed by atoms with Gasteiger partial charge in [-0.25, -0.2) is 0 Å². The van der Waals surface area contributed by atoms with Crippen LogP contribution in [0.2, 0.25) is 0 Å². The highest BCUT2D eigenvalue weighted by Crippen LogP contribution is 2.24. The van der Waals surface area contributed by atoms with Crippen LogP contribution in [0.4, 0.5) is 0 Å². The number of carbonyl (C=O) groups is 1. The van der Waals surface area contributed by atoms with Gasteiger partial charge in [-0.3, -0.25) is 4.79 Å². The number of piperidine rings is 1. The molecule has 1 heterocycles. The number of amides is 1. The highest BCUT2D eigenvalue weighted by atomic mass is 127. The Labute approximate surface area is 147 Å². The fraction of sp³-hybridized carbons (Fsp3) is 0.533. The van der Waals surface area contributed by atoms with Crippen LogP contribution in [0.15, 0.2) is 22.7 Å². The first-order valence-electron chi connectivity index (χ1n) is 7.08. The third kappa shape index (κ3) is 4.40. The van der Waals surface area contributed by atoms with Crippen LogP contribution in [0.5, 0.6) is 0 Å². The van der Waals surface area contributed by atoms with Crippen LogP contribution in [0, 0.1) is 3.57 Å². The fourth-order valence-corrected chi connectivity index (χ4v) is 3.59. The standard InChI is InChI=1S/C15H20BrIN2O2/c1-18-6-4-12(5-7-18)19(8-9-20)15(21)13-10-11(17)2-3-14(13)16/h2-3,10,12,20H,4-9H2,1H3. The van der Waals surface area contributed by atoms with Crippen molar-refractivity contribution >= 4 is 44.4 Å². The average molecular weight is 467 g/mol. The van der Waals surface area contributed by atoms with Gasteiger partial charge in [-0.15, -0.1) is 0 Å². The number of halogens is 2. The number of rotatable bonds is 4. The van der Waals surface area contributed by atoms with Gasteiger partial charge in [-0.2, -0.15) is 0 Å². The molecule has 0 saturated carbocycles. The molecule has 1 aliphatic heterocycles. The van der Waals surface area contributed by atoms with Crippen molar-refractivity contribution in [2.24, 2.45) is 0 Å².